The number of nitriles is 1. The molecule has 0 aliphatic heterocycles. The topological polar surface area (TPSA) is 99.1 Å². The minimum Gasteiger partial charge on any atom is -0.336 e. The summed E-state index contributed by atoms with van der Waals surface area (Å²) in [6, 6.07) is 7.72. The van der Waals surface area contributed by atoms with Crippen LogP contribution in [0.15, 0.2) is 48.5 Å². The van der Waals surface area contributed by atoms with Crippen molar-refractivity contribution in [2.24, 2.45) is 0 Å². The van der Waals surface area contributed by atoms with Gasteiger partial charge in [0.15, 0.2) is 9.84 Å². The van der Waals surface area contributed by atoms with Gasteiger partial charge in [-0.1, -0.05) is 42.0 Å². The number of benzene rings is 2. The van der Waals surface area contributed by atoms with E-state index in [1.165, 1.54) is 0 Å². The Morgan fingerprint density at radius 1 is 1.12 bits per heavy atom. The first-order chi connectivity index (χ1) is 15.8. The van der Waals surface area contributed by atoms with Crippen LogP contribution in [-0.4, -0.2) is 37.8 Å². The first-order valence-electron chi connectivity index (χ1n) is 10.4. The van der Waals surface area contributed by atoms with Crippen LogP contribution in [0.4, 0.5) is 17.6 Å². The van der Waals surface area contributed by atoms with E-state index in [2.05, 4.69) is 10.6 Å². The fourth-order valence-electron chi connectivity index (χ4n) is 3.40. The second kappa shape index (κ2) is 9.72. The lowest BCUT2D eigenvalue weighted by atomic mass is 10.0. The van der Waals surface area contributed by atoms with E-state index in [0.29, 0.717) is 18.4 Å². The molecule has 0 spiro atoms. The van der Waals surface area contributed by atoms with Gasteiger partial charge < -0.3 is 5.32 Å². The summed E-state index contributed by atoms with van der Waals surface area (Å²) in [7, 11) is -4.05. The first-order valence-corrected chi connectivity index (χ1v) is 12.2. The number of carbonyl (C=O) groups excluding carboxylic acids is 1. The normalized spacial score (nSPS) is 16.8. The molecule has 3 rings (SSSR count). The SMILES string of the molecule is Cc1ccc(CS(=O)(=O)CC(NC(c2ccc(F)cc2)C(F)(F)F)C(=O)NC2(C#N)CC2)cc1. The van der Waals surface area contributed by atoms with Gasteiger partial charge in [-0.05, 0) is 43.0 Å². The highest BCUT2D eigenvalue weighted by Crippen LogP contribution is 2.35. The lowest BCUT2D eigenvalue weighted by molar-refractivity contribution is -0.160. The molecule has 0 bridgehead atoms. The second-order valence-corrected chi connectivity index (χ2v) is 10.6. The van der Waals surface area contributed by atoms with Crippen LogP contribution < -0.4 is 10.6 Å². The summed E-state index contributed by atoms with van der Waals surface area (Å²) in [5, 5.41) is 13.7. The molecule has 2 unspecified atom stereocenters. The van der Waals surface area contributed by atoms with E-state index in [1.807, 2.05) is 13.0 Å². The summed E-state index contributed by atoms with van der Waals surface area (Å²) < 4.78 is 80.6. The fourth-order valence-corrected chi connectivity index (χ4v) is 4.97. The van der Waals surface area contributed by atoms with E-state index in [9.17, 15) is 36.0 Å². The highest BCUT2D eigenvalue weighted by atomic mass is 32.2. The number of halogens is 4. The van der Waals surface area contributed by atoms with Crippen molar-refractivity contribution in [3.05, 3.63) is 71.0 Å². The summed E-state index contributed by atoms with van der Waals surface area (Å²) in [6.45, 7) is 1.82. The van der Waals surface area contributed by atoms with Gasteiger partial charge in [-0.3, -0.25) is 10.1 Å². The van der Waals surface area contributed by atoms with Crippen LogP contribution in [-0.2, 0) is 20.4 Å². The standard InChI is InChI=1S/C23H23F4N3O3S/c1-15-2-4-16(5-3-15)12-34(32,33)13-19(21(31)30-22(14-28)10-11-22)29-20(23(25,26)27)17-6-8-18(24)9-7-17/h2-9,19-20,29H,10-13H2,1H3,(H,30,31). The molecule has 0 aromatic heterocycles. The van der Waals surface area contributed by atoms with Crippen LogP contribution in [0.3, 0.4) is 0 Å². The molecule has 6 nitrogen and oxygen atoms in total. The number of aryl methyl sites for hydroxylation is 1. The quantitative estimate of drug-likeness (QED) is 0.517. The Morgan fingerprint density at radius 2 is 1.71 bits per heavy atom. The van der Waals surface area contributed by atoms with Gasteiger partial charge in [-0.2, -0.15) is 18.4 Å². The van der Waals surface area contributed by atoms with Crippen molar-refractivity contribution in [1.29, 1.82) is 5.26 Å². The molecule has 1 amide bonds. The molecule has 1 aliphatic carbocycles. The number of alkyl halides is 3. The van der Waals surface area contributed by atoms with Crippen LogP contribution in [0.2, 0.25) is 0 Å². The Balaban J connectivity index is 1.88. The van der Waals surface area contributed by atoms with Crippen molar-refractivity contribution in [1.82, 2.24) is 10.6 Å². The van der Waals surface area contributed by atoms with Crippen molar-refractivity contribution < 1.29 is 30.8 Å². The lowest BCUT2D eigenvalue weighted by Crippen LogP contribution is -2.54. The summed E-state index contributed by atoms with van der Waals surface area (Å²) in [5.74, 6) is -3.18. The van der Waals surface area contributed by atoms with Crippen LogP contribution in [0, 0.1) is 24.1 Å². The molecular formula is C23H23F4N3O3S. The number of carbonyl (C=O) groups is 1. The number of nitrogens with one attached hydrogen (secondary N) is 2. The fraction of sp³-hybridized carbons (Fsp3) is 0.391. The largest absolute Gasteiger partial charge is 0.407 e. The van der Waals surface area contributed by atoms with Crippen molar-refractivity contribution in [2.45, 2.75) is 49.3 Å². The summed E-state index contributed by atoms with van der Waals surface area (Å²) in [5.41, 5.74) is -0.268. The van der Waals surface area contributed by atoms with E-state index in [-0.39, 0.29) is 5.56 Å². The number of sulfone groups is 1. The maximum atomic E-state index is 13.9. The van der Waals surface area contributed by atoms with E-state index < -0.39 is 56.9 Å². The zero-order valence-corrected chi connectivity index (χ0v) is 19.0. The minimum absolute atomic E-state index is 0.318. The number of amides is 1. The Kier molecular flexibility index (Phi) is 7.33. The number of nitrogens with zero attached hydrogens (tertiary/aromatic N) is 1. The van der Waals surface area contributed by atoms with Gasteiger partial charge in [0.25, 0.3) is 0 Å². The zero-order valence-electron chi connectivity index (χ0n) is 18.2. The van der Waals surface area contributed by atoms with Gasteiger partial charge >= 0.3 is 6.18 Å². The van der Waals surface area contributed by atoms with Gasteiger partial charge in [-0.25, -0.2) is 12.8 Å². The van der Waals surface area contributed by atoms with Gasteiger partial charge in [0.05, 0.1) is 17.6 Å². The smallest absolute Gasteiger partial charge is 0.336 e. The third-order valence-corrected chi connectivity index (χ3v) is 7.08. The third kappa shape index (κ3) is 6.77. The molecule has 2 aromatic carbocycles. The van der Waals surface area contributed by atoms with Crippen molar-refractivity contribution in [2.75, 3.05) is 5.75 Å². The van der Waals surface area contributed by atoms with Gasteiger partial charge in [0.1, 0.15) is 23.4 Å². The van der Waals surface area contributed by atoms with Crippen LogP contribution in [0.1, 0.15) is 35.6 Å². The van der Waals surface area contributed by atoms with Crippen LogP contribution in [0.5, 0.6) is 0 Å². The second-order valence-electron chi connectivity index (χ2n) is 8.47. The molecule has 0 heterocycles. The van der Waals surface area contributed by atoms with Crippen molar-refractivity contribution >= 4 is 15.7 Å². The Morgan fingerprint density at radius 3 is 2.21 bits per heavy atom. The summed E-state index contributed by atoms with van der Waals surface area (Å²) in [4.78, 5) is 12.9. The Labute approximate surface area is 194 Å². The van der Waals surface area contributed by atoms with E-state index >= 15 is 0 Å². The Bertz CT molecular complexity index is 1170. The van der Waals surface area contributed by atoms with Gasteiger partial charge in [0.2, 0.25) is 5.91 Å². The van der Waals surface area contributed by atoms with Crippen molar-refractivity contribution in [3.8, 4) is 6.07 Å². The molecule has 11 heteroatoms. The predicted octanol–water partition coefficient (Wildman–Crippen LogP) is 3.48. The van der Waals surface area contributed by atoms with Crippen LogP contribution >= 0.6 is 0 Å². The molecule has 34 heavy (non-hydrogen) atoms. The Hall–Kier alpha value is -2.97. The molecular weight excluding hydrogens is 474 g/mol. The average molecular weight is 498 g/mol. The molecule has 1 saturated carbocycles. The maximum absolute atomic E-state index is 13.9. The molecule has 1 fully saturated rings. The number of hydrogen-bond acceptors (Lipinski definition) is 5. The van der Waals surface area contributed by atoms with E-state index in [0.717, 1.165) is 29.8 Å². The highest BCUT2D eigenvalue weighted by Gasteiger charge is 2.48. The van der Waals surface area contributed by atoms with Gasteiger partial charge in [0, 0.05) is 0 Å². The van der Waals surface area contributed by atoms with Gasteiger partial charge in [-0.15, -0.1) is 0 Å². The molecule has 0 saturated heterocycles. The molecule has 1 aliphatic rings. The third-order valence-electron chi connectivity index (χ3n) is 5.47. The first kappa shape index (κ1) is 25.6. The molecule has 2 atom stereocenters. The average Bonchev–Trinajstić information content (AvgIpc) is 3.52. The zero-order chi connectivity index (χ0) is 25.1. The molecule has 2 N–H and O–H groups in total. The summed E-state index contributed by atoms with van der Waals surface area (Å²) >= 11 is 0. The monoisotopic (exact) mass is 497 g/mol. The predicted molar refractivity (Wildman–Crippen MR) is 117 cm³/mol. The maximum Gasteiger partial charge on any atom is 0.407 e. The highest BCUT2D eigenvalue weighted by molar-refractivity contribution is 7.90. The van der Waals surface area contributed by atoms with E-state index in [1.54, 1.807) is 24.3 Å². The van der Waals surface area contributed by atoms with E-state index in [4.69, 9.17) is 0 Å². The minimum atomic E-state index is -4.91. The van der Waals surface area contributed by atoms with Crippen molar-refractivity contribution in [3.63, 3.8) is 0 Å². The molecule has 0 radical (unpaired) electrons. The lowest BCUT2D eigenvalue weighted by Gasteiger charge is -2.28. The summed E-state index contributed by atoms with van der Waals surface area (Å²) in [6.07, 6.45) is -4.28. The number of rotatable bonds is 9. The molecule has 2 aromatic rings. The number of hydrogen-bond donors (Lipinski definition) is 2. The molecule has 182 valence electrons. The van der Waals surface area contributed by atoms with Crippen LogP contribution in [0.25, 0.3) is 0 Å².